The van der Waals surface area contributed by atoms with Gasteiger partial charge in [-0.15, -0.1) is 0 Å². The normalized spacial score (nSPS) is 16.5. The van der Waals surface area contributed by atoms with Gasteiger partial charge in [-0.3, -0.25) is 19.3 Å². The monoisotopic (exact) mass is 828 g/mol. The van der Waals surface area contributed by atoms with Gasteiger partial charge >= 0.3 is 6.09 Å². The third-order valence-electron chi connectivity index (χ3n) is 9.89. The number of hydrogen-bond acceptors (Lipinski definition) is 10. The Hall–Kier alpha value is -5.39. The van der Waals surface area contributed by atoms with Crippen LogP contribution < -0.4 is 5.32 Å². The summed E-state index contributed by atoms with van der Waals surface area (Å²) in [5, 5.41) is 20.2. The summed E-state index contributed by atoms with van der Waals surface area (Å²) in [6, 6.07) is 11.2. The molecule has 1 saturated heterocycles. The maximum absolute atomic E-state index is 15.2. The predicted molar refractivity (Wildman–Crippen MR) is 213 cm³/mol. The first-order chi connectivity index (χ1) is 28.3. The van der Waals surface area contributed by atoms with Gasteiger partial charge in [0.1, 0.15) is 36.5 Å². The summed E-state index contributed by atoms with van der Waals surface area (Å²) < 4.78 is 52.2. The van der Waals surface area contributed by atoms with E-state index in [0.717, 1.165) is 47.9 Å². The average Bonchev–Trinajstić information content (AvgIpc) is 3.93. The first-order valence-corrected chi connectivity index (χ1v) is 19.5. The number of nitrogens with one attached hydrogen (secondary N) is 1. The topological polar surface area (TPSA) is 175 Å². The van der Waals surface area contributed by atoms with Crippen molar-refractivity contribution < 1.29 is 52.1 Å². The minimum atomic E-state index is -1.29. The molecule has 3 N–H and O–H groups in total. The van der Waals surface area contributed by atoms with Crippen LogP contribution in [-0.4, -0.2) is 130 Å². The summed E-state index contributed by atoms with van der Waals surface area (Å²) in [5.74, 6) is -3.58. The van der Waals surface area contributed by atoms with Crippen LogP contribution in [0.2, 0.25) is 0 Å². The second kappa shape index (κ2) is 23.3. The highest BCUT2D eigenvalue weighted by molar-refractivity contribution is 6.12. The SMILES string of the molecule is CC.CC(C)(CCOC(=O)N(CCC=O)CCN1C(=O)C=CC1=O)[C@H](c1nc(-c2cc(F)ccc2F)cn1Cc1ccccc1)N(C[C@@H]1CNC[C@@H]1F)C(=O)CO.CO. The summed E-state index contributed by atoms with van der Waals surface area (Å²) in [7, 11) is 1.00. The number of imidazole rings is 1. The number of alkyl halides is 1. The average molecular weight is 829 g/mol. The van der Waals surface area contributed by atoms with Gasteiger partial charge in [0.05, 0.1) is 18.3 Å². The number of halogens is 3. The Morgan fingerprint density at radius 1 is 1.05 bits per heavy atom. The molecule has 0 saturated carbocycles. The summed E-state index contributed by atoms with van der Waals surface area (Å²) in [6.07, 6.45) is 2.38. The highest BCUT2D eigenvalue weighted by Gasteiger charge is 2.43. The second-order valence-electron chi connectivity index (χ2n) is 14.2. The fraction of sp³-hybridized carbons (Fsp3) is 0.476. The van der Waals surface area contributed by atoms with Crippen molar-refractivity contribution in [3.8, 4) is 11.3 Å². The van der Waals surface area contributed by atoms with Crippen molar-refractivity contribution in [3.05, 3.63) is 89.9 Å². The molecule has 59 heavy (non-hydrogen) atoms. The molecule has 0 bridgehead atoms. The molecule has 0 unspecified atom stereocenters. The largest absolute Gasteiger partial charge is 0.449 e. The number of benzene rings is 2. The molecule has 1 aromatic heterocycles. The fourth-order valence-corrected chi connectivity index (χ4v) is 6.87. The lowest BCUT2D eigenvalue weighted by Crippen LogP contribution is -2.48. The van der Waals surface area contributed by atoms with Crippen LogP contribution in [0.15, 0.2) is 66.9 Å². The van der Waals surface area contributed by atoms with E-state index in [1.165, 1.54) is 9.80 Å². The molecule has 14 nitrogen and oxygen atoms in total. The third-order valence-corrected chi connectivity index (χ3v) is 9.89. The lowest BCUT2D eigenvalue weighted by Gasteiger charge is -2.43. The number of aldehydes is 1. The van der Waals surface area contributed by atoms with Crippen molar-refractivity contribution in [3.63, 3.8) is 0 Å². The summed E-state index contributed by atoms with van der Waals surface area (Å²) in [6.45, 7) is 6.63. The number of hydrogen-bond donors (Lipinski definition) is 3. The molecular weight excluding hydrogens is 773 g/mol. The van der Waals surface area contributed by atoms with E-state index in [1.54, 1.807) is 24.6 Å². The van der Waals surface area contributed by atoms with Crippen molar-refractivity contribution in [2.45, 2.75) is 59.3 Å². The molecule has 4 amide bonds. The van der Waals surface area contributed by atoms with E-state index in [9.17, 15) is 33.5 Å². The van der Waals surface area contributed by atoms with Crippen LogP contribution >= 0.6 is 0 Å². The summed E-state index contributed by atoms with van der Waals surface area (Å²) in [4.78, 5) is 70.7. The smallest absolute Gasteiger partial charge is 0.409 e. The molecule has 322 valence electrons. The molecule has 3 atom stereocenters. The van der Waals surface area contributed by atoms with Crippen LogP contribution in [-0.2, 0) is 30.5 Å². The van der Waals surface area contributed by atoms with E-state index >= 15 is 8.78 Å². The van der Waals surface area contributed by atoms with Gasteiger partial charge in [0.25, 0.3) is 11.8 Å². The Morgan fingerprint density at radius 2 is 1.73 bits per heavy atom. The van der Waals surface area contributed by atoms with Crippen LogP contribution in [0.1, 0.15) is 58.0 Å². The number of rotatable bonds is 18. The minimum Gasteiger partial charge on any atom is -0.449 e. The van der Waals surface area contributed by atoms with E-state index in [1.807, 2.05) is 44.2 Å². The van der Waals surface area contributed by atoms with Gasteiger partial charge in [0.15, 0.2) is 0 Å². The number of nitrogens with zero attached hydrogens (tertiary/aromatic N) is 5. The first-order valence-electron chi connectivity index (χ1n) is 19.5. The van der Waals surface area contributed by atoms with Gasteiger partial charge in [-0.25, -0.2) is 22.9 Å². The van der Waals surface area contributed by atoms with Crippen molar-refractivity contribution in [2.75, 3.05) is 59.6 Å². The van der Waals surface area contributed by atoms with E-state index in [0.29, 0.717) is 6.29 Å². The van der Waals surface area contributed by atoms with E-state index < -0.39 is 65.6 Å². The number of imide groups is 1. The molecular formula is C42H55F3N6O8. The summed E-state index contributed by atoms with van der Waals surface area (Å²) >= 11 is 0. The van der Waals surface area contributed by atoms with Crippen molar-refractivity contribution in [1.82, 2.24) is 29.6 Å². The first kappa shape index (κ1) is 48.0. The number of aliphatic hydroxyl groups is 2. The van der Waals surface area contributed by atoms with Gasteiger partial charge in [0, 0.05) is 89.2 Å². The molecule has 2 aromatic carbocycles. The number of carbonyl (C=O) groups excluding carboxylic acids is 5. The zero-order chi connectivity index (χ0) is 43.7. The highest BCUT2D eigenvalue weighted by atomic mass is 19.1. The zero-order valence-corrected chi connectivity index (χ0v) is 34.2. The number of amides is 4. The van der Waals surface area contributed by atoms with Gasteiger partial charge < -0.3 is 39.4 Å². The second-order valence-corrected chi connectivity index (χ2v) is 14.2. The zero-order valence-electron chi connectivity index (χ0n) is 34.2. The molecule has 0 aliphatic carbocycles. The van der Waals surface area contributed by atoms with Crippen LogP contribution in [0.25, 0.3) is 11.3 Å². The van der Waals surface area contributed by atoms with Crippen LogP contribution in [0.4, 0.5) is 18.0 Å². The Balaban J connectivity index is 0.00000225. The molecule has 2 aliphatic rings. The number of carbonyl (C=O) groups is 5. The van der Waals surface area contributed by atoms with Crippen molar-refractivity contribution in [2.24, 2.45) is 11.3 Å². The van der Waals surface area contributed by atoms with Gasteiger partial charge in [-0.1, -0.05) is 58.0 Å². The summed E-state index contributed by atoms with van der Waals surface area (Å²) in [5.41, 5.74) is -0.265. The molecule has 3 heterocycles. The standard InChI is InChI=1S/C39H45F3N6O7.C2H6.CH4O/c1-39(2,13-18-55-38(54)45(14-6-17-49)15-16-47-33(51)11-12-34(47)52)36(48(35(53)25-50)23-27-20-43-21-31(27)42)37-44-32(29-19-28(40)9-10-30(29)41)24-46(37)22-26-7-4-3-5-8-26;2*1-2/h3-5,7-12,17,19,24,27,31,36,43,50H,6,13-16,18,20-23,25H2,1-2H3;1-2H3;2H,1H3/t27-,31-,36-;;/m0../s1. The highest BCUT2D eigenvalue weighted by Crippen LogP contribution is 2.43. The molecule has 0 spiro atoms. The predicted octanol–water partition coefficient (Wildman–Crippen LogP) is 4.30. The van der Waals surface area contributed by atoms with Crippen LogP contribution in [0.5, 0.6) is 0 Å². The Kier molecular flexibility index (Phi) is 18.9. The van der Waals surface area contributed by atoms with E-state index in [-0.39, 0.29) is 82.3 Å². The molecule has 17 heteroatoms. The van der Waals surface area contributed by atoms with Crippen LogP contribution in [0.3, 0.4) is 0 Å². The Morgan fingerprint density at radius 3 is 2.34 bits per heavy atom. The van der Waals surface area contributed by atoms with E-state index in [2.05, 4.69) is 5.32 Å². The minimum absolute atomic E-state index is 0.0229. The molecule has 1 fully saturated rings. The van der Waals surface area contributed by atoms with Gasteiger partial charge in [-0.2, -0.15) is 0 Å². The third kappa shape index (κ3) is 12.8. The van der Waals surface area contributed by atoms with Gasteiger partial charge in [0.2, 0.25) is 5.91 Å². The fourth-order valence-electron chi connectivity index (χ4n) is 6.87. The molecule has 0 radical (unpaired) electrons. The van der Waals surface area contributed by atoms with Crippen molar-refractivity contribution in [1.29, 1.82) is 0 Å². The maximum Gasteiger partial charge on any atom is 0.409 e. The lowest BCUT2D eigenvalue weighted by molar-refractivity contribution is -0.141. The Bertz CT molecular complexity index is 1870. The molecule has 3 aromatic rings. The quantitative estimate of drug-likeness (QED) is 0.124. The Labute approximate surface area is 342 Å². The molecule has 2 aliphatic heterocycles. The lowest BCUT2D eigenvalue weighted by atomic mass is 9.79. The molecule has 5 rings (SSSR count). The van der Waals surface area contributed by atoms with Crippen molar-refractivity contribution >= 4 is 30.1 Å². The number of ether oxygens (including phenoxy) is 1. The maximum atomic E-state index is 15.2. The number of aromatic nitrogens is 2. The number of aliphatic hydroxyl groups excluding tert-OH is 2. The van der Waals surface area contributed by atoms with Gasteiger partial charge in [-0.05, 0) is 35.6 Å². The van der Waals surface area contributed by atoms with E-state index in [4.69, 9.17) is 14.8 Å². The van der Waals surface area contributed by atoms with Crippen LogP contribution in [0, 0.1) is 23.0 Å².